The fraction of sp³-hybridized carbons (Fsp3) is 1.00. The zero-order valence-corrected chi connectivity index (χ0v) is 13.1. The molecule has 18 heavy (non-hydrogen) atoms. The van der Waals surface area contributed by atoms with Crippen LogP contribution in [0.4, 0.5) is 0 Å². The molecule has 1 heterocycles. The van der Waals surface area contributed by atoms with Crippen molar-refractivity contribution >= 4 is 11.8 Å². The van der Waals surface area contributed by atoms with Crippen LogP contribution in [0, 0.1) is 5.92 Å². The van der Waals surface area contributed by atoms with Crippen molar-refractivity contribution in [1.29, 1.82) is 0 Å². The van der Waals surface area contributed by atoms with Gasteiger partial charge in [-0.15, -0.1) is 0 Å². The van der Waals surface area contributed by atoms with Gasteiger partial charge in [-0.3, -0.25) is 0 Å². The molecule has 4 atom stereocenters. The third kappa shape index (κ3) is 3.64. The Kier molecular flexibility index (Phi) is 5.84. The van der Waals surface area contributed by atoms with Crippen LogP contribution in [-0.4, -0.2) is 48.6 Å². The van der Waals surface area contributed by atoms with Gasteiger partial charge in [0.1, 0.15) is 0 Å². The fourth-order valence-corrected chi connectivity index (χ4v) is 4.69. The number of fused-ring (bicyclic) bond motifs is 1. The second-order valence-corrected chi connectivity index (χ2v) is 7.12. The van der Waals surface area contributed by atoms with E-state index in [1.165, 1.54) is 50.8 Å². The number of hydrogen-bond donors (Lipinski definition) is 1. The summed E-state index contributed by atoms with van der Waals surface area (Å²) in [6.07, 6.45) is 10.7. The molecule has 1 aliphatic heterocycles. The Bertz CT molecular complexity index is 233. The summed E-state index contributed by atoms with van der Waals surface area (Å²) in [6.45, 7) is 3.56. The molecular weight excluding hydrogens is 240 g/mol. The van der Waals surface area contributed by atoms with E-state index in [-0.39, 0.29) is 0 Å². The molecule has 0 aromatic rings. The van der Waals surface area contributed by atoms with E-state index in [1.807, 2.05) is 11.8 Å². The topological polar surface area (TPSA) is 15.3 Å². The van der Waals surface area contributed by atoms with Crippen LogP contribution in [-0.2, 0) is 0 Å². The summed E-state index contributed by atoms with van der Waals surface area (Å²) in [7, 11) is 2.31. The van der Waals surface area contributed by atoms with Crippen LogP contribution in [0.3, 0.4) is 0 Å². The van der Waals surface area contributed by atoms with Gasteiger partial charge in [-0.1, -0.05) is 19.8 Å². The highest BCUT2D eigenvalue weighted by Gasteiger charge is 2.35. The summed E-state index contributed by atoms with van der Waals surface area (Å²) >= 11 is 1.98. The van der Waals surface area contributed by atoms with Gasteiger partial charge >= 0.3 is 0 Å². The van der Waals surface area contributed by atoms with Crippen molar-refractivity contribution < 1.29 is 0 Å². The molecule has 2 aliphatic rings. The molecule has 2 nitrogen and oxygen atoms in total. The Morgan fingerprint density at radius 2 is 2.11 bits per heavy atom. The number of rotatable bonds is 6. The van der Waals surface area contributed by atoms with Crippen LogP contribution >= 0.6 is 11.8 Å². The molecule has 0 amide bonds. The average Bonchev–Trinajstić information content (AvgIpc) is 2.77. The summed E-state index contributed by atoms with van der Waals surface area (Å²) in [5.41, 5.74) is 0. The molecule has 2 fully saturated rings. The predicted molar refractivity (Wildman–Crippen MR) is 82.4 cm³/mol. The van der Waals surface area contributed by atoms with E-state index in [1.54, 1.807) is 0 Å². The number of likely N-dealkylation sites (N-methyl/N-ethyl adjacent to an activating group) is 1. The van der Waals surface area contributed by atoms with E-state index < -0.39 is 0 Å². The normalized spacial score (nSPS) is 33.7. The lowest BCUT2D eigenvalue weighted by atomic mass is 9.85. The van der Waals surface area contributed by atoms with E-state index >= 15 is 0 Å². The minimum Gasteiger partial charge on any atom is -0.310 e. The van der Waals surface area contributed by atoms with Crippen LogP contribution in [0.25, 0.3) is 0 Å². The largest absolute Gasteiger partial charge is 0.310 e. The summed E-state index contributed by atoms with van der Waals surface area (Å²) in [5.74, 6) is 2.25. The van der Waals surface area contributed by atoms with Gasteiger partial charge in [-0.2, -0.15) is 11.8 Å². The highest BCUT2D eigenvalue weighted by molar-refractivity contribution is 7.98. The minimum absolute atomic E-state index is 0.749. The summed E-state index contributed by atoms with van der Waals surface area (Å²) in [5, 5.41) is 3.90. The first-order valence-electron chi connectivity index (χ1n) is 7.69. The molecule has 2 rings (SSSR count). The molecule has 0 aromatic carbocycles. The Morgan fingerprint density at radius 3 is 2.78 bits per heavy atom. The summed E-state index contributed by atoms with van der Waals surface area (Å²) in [4.78, 5) is 2.59. The molecule has 0 radical (unpaired) electrons. The summed E-state index contributed by atoms with van der Waals surface area (Å²) < 4.78 is 0. The first kappa shape index (κ1) is 14.7. The number of nitrogens with zero attached hydrogens (tertiary/aromatic N) is 1. The second kappa shape index (κ2) is 7.16. The Morgan fingerprint density at radius 1 is 1.33 bits per heavy atom. The number of hydrogen-bond acceptors (Lipinski definition) is 3. The van der Waals surface area contributed by atoms with Crippen LogP contribution in [0.2, 0.25) is 0 Å². The molecule has 0 spiro atoms. The van der Waals surface area contributed by atoms with Crippen LogP contribution in [0.15, 0.2) is 0 Å². The molecule has 3 heteroatoms. The van der Waals surface area contributed by atoms with E-state index in [2.05, 4.69) is 30.4 Å². The number of thioether (sulfide) groups is 1. The van der Waals surface area contributed by atoms with Crippen molar-refractivity contribution in [3.8, 4) is 0 Å². The van der Waals surface area contributed by atoms with Gasteiger partial charge in [-0.05, 0) is 44.9 Å². The highest BCUT2D eigenvalue weighted by atomic mass is 32.2. The molecule has 4 unspecified atom stereocenters. The van der Waals surface area contributed by atoms with E-state index in [4.69, 9.17) is 0 Å². The first-order chi connectivity index (χ1) is 8.74. The van der Waals surface area contributed by atoms with Crippen LogP contribution in [0.5, 0.6) is 0 Å². The van der Waals surface area contributed by atoms with Gasteiger partial charge in [-0.25, -0.2) is 0 Å². The molecule has 1 saturated carbocycles. The van der Waals surface area contributed by atoms with Gasteiger partial charge in [0, 0.05) is 30.4 Å². The molecule has 0 aromatic heterocycles. The SMILES string of the molecule is CCC(CSC)N(C)CC1CC2CCCCC2N1. The van der Waals surface area contributed by atoms with Gasteiger partial charge in [0.15, 0.2) is 0 Å². The maximum absolute atomic E-state index is 3.90. The predicted octanol–water partition coefficient (Wildman–Crippen LogP) is 2.98. The second-order valence-electron chi connectivity index (χ2n) is 6.21. The Labute approximate surface area is 117 Å². The number of nitrogens with one attached hydrogen (secondary N) is 1. The van der Waals surface area contributed by atoms with Crippen molar-refractivity contribution in [2.24, 2.45) is 5.92 Å². The van der Waals surface area contributed by atoms with Crippen molar-refractivity contribution in [2.75, 3.05) is 25.6 Å². The zero-order chi connectivity index (χ0) is 13.0. The molecule has 106 valence electrons. The van der Waals surface area contributed by atoms with Crippen LogP contribution in [0.1, 0.15) is 45.4 Å². The maximum Gasteiger partial charge on any atom is 0.0200 e. The van der Waals surface area contributed by atoms with Crippen molar-refractivity contribution in [3.63, 3.8) is 0 Å². The van der Waals surface area contributed by atoms with Gasteiger partial charge in [0.05, 0.1) is 0 Å². The van der Waals surface area contributed by atoms with Crippen molar-refractivity contribution in [1.82, 2.24) is 10.2 Å². The molecule has 1 saturated heterocycles. The van der Waals surface area contributed by atoms with Crippen molar-refractivity contribution in [2.45, 2.75) is 63.6 Å². The summed E-state index contributed by atoms with van der Waals surface area (Å²) in [6, 6.07) is 2.35. The standard InChI is InChI=1S/C15H30N2S/c1-4-14(11-18-3)17(2)10-13-9-12-7-5-6-8-15(12)16-13/h12-16H,4-11H2,1-3H3. The molecule has 0 bridgehead atoms. The third-order valence-electron chi connectivity index (χ3n) is 4.91. The third-order valence-corrected chi connectivity index (χ3v) is 5.63. The average molecular weight is 270 g/mol. The lowest BCUT2D eigenvalue weighted by molar-refractivity contribution is 0.231. The van der Waals surface area contributed by atoms with Gasteiger partial charge in [0.2, 0.25) is 0 Å². The highest BCUT2D eigenvalue weighted by Crippen LogP contribution is 2.33. The molecule has 1 aliphatic carbocycles. The van der Waals surface area contributed by atoms with E-state index in [0.717, 1.165) is 24.0 Å². The first-order valence-corrected chi connectivity index (χ1v) is 9.09. The zero-order valence-electron chi connectivity index (χ0n) is 12.3. The Balaban J connectivity index is 1.79. The Hall–Kier alpha value is 0.270. The lowest BCUT2D eigenvalue weighted by Gasteiger charge is -2.29. The monoisotopic (exact) mass is 270 g/mol. The van der Waals surface area contributed by atoms with Crippen molar-refractivity contribution in [3.05, 3.63) is 0 Å². The lowest BCUT2D eigenvalue weighted by Crippen LogP contribution is -2.43. The smallest absolute Gasteiger partial charge is 0.0200 e. The molecular formula is C15H30N2S. The maximum atomic E-state index is 3.90. The quantitative estimate of drug-likeness (QED) is 0.799. The van der Waals surface area contributed by atoms with Gasteiger partial charge in [0.25, 0.3) is 0 Å². The van der Waals surface area contributed by atoms with E-state index in [0.29, 0.717) is 0 Å². The minimum atomic E-state index is 0.749. The fourth-order valence-electron chi connectivity index (χ4n) is 3.82. The molecule has 1 N–H and O–H groups in total. The van der Waals surface area contributed by atoms with E-state index in [9.17, 15) is 0 Å². The van der Waals surface area contributed by atoms with Crippen LogP contribution < -0.4 is 5.32 Å². The van der Waals surface area contributed by atoms with Gasteiger partial charge < -0.3 is 10.2 Å².